The Morgan fingerprint density at radius 3 is 2.48 bits per heavy atom. The van der Waals surface area contributed by atoms with Crippen LogP contribution >= 0.6 is 24.8 Å². The summed E-state index contributed by atoms with van der Waals surface area (Å²) in [6.07, 6.45) is 0.836. The number of piperidine rings is 1. The largest absolute Gasteiger partial charge is 0.338 e. The van der Waals surface area contributed by atoms with Crippen molar-refractivity contribution in [1.82, 2.24) is 14.5 Å². The van der Waals surface area contributed by atoms with E-state index in [1.807, 2.05) is 48.2 Å². The molecule has 1 fully saturated rings. The molecule has 0 saturated carbocycles. The zero-order valence-corrected chi connectivity index (χ0v) is 18.6. The molecule has 0 bridgehead atoms. The minimum atomic E-state index is -0.0660. The minimum absolute atomic E-state index is 0. The van der Waals surface area contributed by atoms with Gasteiger partial charge in [0.15, 0.2) is 0 Å². The van der Waals surface area contributed by atoms with Crippen LogP contribution in [-0.2, 0) is 0 Å². The van der Waals surface area contributed by atoms with Gasteiger partial charge in [-0.3, -0.25) is 9.36 Å². The van der Waals surface area contributed by atoms with Gasteiger partial charge in [-0.25, -0.2) is 4.98 Å². The van der Waals surface area contributed by atoms with Crippen molar-refractivity contribution in [2.75, 3.05) is 13.1 Å². The lowest BCUT2D eigenvalue weighted by atomic mass is 9.79. The fraction of sp³-hybridized carbons (Fsp3) is 0.364. The normalized spacial score (nSPS) is 18.1. The lowest BCUT2D eigenvalue weighted by Gasteiger charge is -2.42. The van der Waals surface area contributed by atoms with Gasteiger partial charge in [0, 0.05) is 30.4 Å². The highest BCUT2D eigenvalue weighted by Crippen LogP contribution is 2.29. The van der Waals surface area contributed by atoms with E-state index in [4.69, 9.17) is 10.7 Å². The molecule has 2 N–H and O–H groups in total. The first-order valence-electron chi connectivity index (χ1n) is 9.46. The van der Waals surface area contributed by atoms with E-state index in [-0.39, 0.29) is 42.2 Å². The van der Waals surface area contributed by atoms with Gasteiger partial charge in [0.1, 0.15) is 5.82 Å². The molecule has 2 aromatic carbocycles. The van der Waals surface area contributed by atoms with Gasteiger partial charge in [-0.15, -0.1) is 24.8 Å². The summed E-state index contributed by atoms with van der Waals surface area (Å²) >= 11 is 0. The number of fused-ring (bicyclic) bond motifs is 1. The predicted octanol–water partition coefficient (Wildman–Crippen LogP) is 4.38. The van der Waals surface area contributed by atoms with E-state index in [9.17, 15) is 4.79 Å². The highest BCUT2D eigenvalue weighted by Gasteiger charge is 2.35. The van der Waals surface area contributed by atoms with Crippen LogP contribution in [0.5, 0.6) is 0 Å². The molecular weight excluding hydrogens is 407 g/mol. The van der Waals surface area contributed by atoms with E-state index in [0.717, 1.165) is 29.0 Å². The number of halogens is 2. The number of carbonyl (C=O) groups excluding carboxylic acids is 1. The van der Waals surface area contributed by atoms with Gasteiger partial charge >= 0.3 is 0 Å². The molecule has 156 valence electrons. The van der Waals surface area contributed by atoms with Crippen molar-refractivity contribution in [1.29, 1.82) is 0 Å². The predicted molar refractivity (Wildman–Crippen MR) is 123 cm³/mol. The molecule has 1 aliphatic heterocycles. The molecule has 1 saturated heterocycles. The van der Waals surface area contributed by atoms with Crippen molar-refractivity contribution in [2.45, 2.75) is 33.2 Å². The average molecular weight is 435 g/mol. The second-order valence-electron chi connectivity index (χ2n) is 8.14. The van der Waals surface area contributed by atoms with Crippen LogP contribution in [0.1, 0.15) is 36.5 Å². The van der Waals surface area contributed by atoms with Crippen molar-refractivity contribution in [3.05, 3.63) is 59.9 Å². The maximum atomic E-state index is 13.1. The number of benzene rings is 2. The lowest BCUT2D eigenvalue weighted by Crippen LogP contribution is -2.53. The summed E-state index contributed by atoms with van der Waals surface area (Å²) in [4.78, 5) is 19.7. The second kappa shape index (κ2) is 8.74. The van der Waals surface area contributed by atoms with E-state index >= 15 is 0 Å². The number of rotatable bonds is 2. The summed E-state index contributed by atoms with van der Waals surface area (Å²) in [5, 5.41) is 0. The zero-order chi connectivity index (χ0) is 19.2. The molecule has 2 heterocycles. The van der Waals surface area contributed by atoms with Gasteiger partial charge < -0.3 is 10.6 Å². The number of aryl methyl sites for hydroxylation is 1. The summed E-state index contributed by atoms with van der Waals surface area (Å²) < 4.78 is 2.12. The first kappa shape index (κ1) is 23.2. The number of hydrogen-bond donors (Lipinski definition) is 1. The third-order valence-electron chi connectivity index (χ3n) is 5.68. The Morgan fingerprint density at radius 1 is 1.14 bits per heavy atom. The molecule has 29 heavy (non-hydrogen) atoms. The van der Waals surface area contributed by atoms with Crippen LogP contribution in [0.15, 0.2) is 48.5 Å². The summed E-state index contributed by atoms with van der Waals surface area (Å²) in [6.45, 7) is 7.64. The van der Waals surface area contributed by atoms with Gasteiger partial charge in [0.05, 0.1) is 11.0 Å². The van der Waals surface area contributed by atoms with Gasteiger partial charge in [0.25, 0.3) is 5.91 Å². The number of carbonyl (C=O) groups is 1. The average Bonchev–Trinajstić information content (AvgIpc) is 2.98. The van der Waals surface area contributed by atoms with E-state index in [1.165, 1.54) is 0 Å². The molecule has 1 unspecified atom stereocenters. The van der Waals surface area contributed by atoms with Crippen LogP contribution in [0, 0.1) is 12.3 Å². The standard InChI is InChI=1S/C22H26N4O.2ClH/c1-15-24-18-13-16(21(27)25-12-11-20(23)22(2,3)14-25)9-10-19(18)26(15)17-7-5-4-6-8-17;;/h4-10,13,20H,11-12,14,23H2,1-3H3;2*1H. The summed E-state index contributed by atoms with van der Waals surface area (Å²) in [5.41, 5.74) is 9.76. The fourth-order valence-electron chi connectivity index (χ4n) is 3.97. The number of amides is 1. The summed E-state index contributed by atoms with van der Waals surface area (Å²) in [7, 11) is 0. The maximum absolute atomic E-state index is 13.1. The number of aromatic nitrogens is 2. The summed E-state index contributed by atoms with van der Waals surface area (Å²) in [5.74, 6) is 0.967. The summed E-state index contributed by atoms with van der Waals surface area (Å²) in [6, 6.07) is 16.1. The SMILES string of the molecule is Cc1nc2cc(C(=O)N3CCC(N)C(C)(C)C3)ccc2n1-c1ccccc1.Cl.Cl. The van der Waals surface area contributed by atoms with E-state index in [0.29, 0.717) is 18.7 Å². The Labute approximate surface area is 184 Å². The molecule has 5 nitrogen and oxygen atoms in total. The Bertz CT molecular complexity index is 1000. The molecule has 1 aliphatic rings. The van der Waals surface area contributed by atoms with Crippen LogP contribution in [0.25, 0.3) is 16.7 Å². The fourth-order valence-corrected chi connectivity index (χ4v) is 3.97. The number of nitrogens with zero attached hydrogens (tertiary/aromatic N) is 3. The van der Waals surface area contributed by atoms with Crippen molar-refractivity contribution >= 4 is 41.8 Å². The van der Waals surface area contributed by atoms with E-state index in [2.05, 4.69) is 30.5 Å². The van der Waals surface area contributed by atoms with Crippen molar-refractivity contribution in [3.63, 3.8) is 0 Å². The second-order valence-corrected chi connectivity index (χ2v) is 8.14. The first-order chi connectivity index (χ1) is 12.9. The topological polar surface area (TPSA) is 64.2 Å². The number of likely N-dealkylation sites (tertiary alicyclic amines) is 1. The first-order valence-corrected chi connectivity index (χ1v) is 9.46. The van der Waals surface area contributed by atoms with Crippen LogP contribution in [0.3, 0.4) is 0 Å². The van der Waals surface area contributed by atoms with Crippen molar-refractivity contribution < 1.29 is 4.79 Å². The highest BCUT2D eigenvalue weighted by atomic mass is 35.5. The Hall–Kier alpha value is -2.08. The van der Waals surface area contributed by atoms with Crippen LogP contribution < -0.4 is 5.73 Å². The molecule has 0 spiro atoms. The number of imidazole rings is 1. The molecule has 3 aromatic rings. The Morgan fingerprint density at radius 2 is 1.83 bits per heavy atom. The van der Waals surface area contributed by atoms with Crippen molar-refractivity contribution in [3.8, 4) is 5.69 Å². The third kappa shape index (κ3) is 4.27. The number of nitrogens with two attached hydrogens (primary N) is 1. The smallest absolute Gasteiger partial charge is 0.253 e. The highest BCUT2D eigenvalue weighted by molar-refractivity contribution is 5.97. The van der Waals surface area contributed by atoms with Crippen molar-refractivity contribution in [2.24, 2.45) is 11.1 Å². The molecular formula is C22H28Cl2N4O. The monoisotopic (exact) mass is 434 g/mol. The maximum Gasteiger partial charge on any atom is 0.253 e. The Kier molecular flexibility index (Phi) is 6.99. The van der Waals surface area contributed by atoms with Crippen LogP contribution in [-0.4, -0.2) is 39.5 Å². The van der Waals surface area contributed by atoms with Gasteiger partial charge in [0.2, 0.25) is 0 Å². The van der Waals surface area contributed by atoms with Crippen LogP contribution in [0.2, 0.25) is 0 Å². The van der Waals surface area contributed by atoms with Gasteiger partial charge in [-0.1, -0.05) is 32.0 Å². The van der Waals surface area contributed by atoms with Gasteiger partial charge in [-0.2, -0.15) is 0 Å². The molecule has 4 rings (SSSR count). The molecule has 0 aliphatic carbocycles. The quantitative estimate of drug-likeness (QED) is 0.650. The molecule has 1 atom stereocenters. The lowest BCUT2D eigenvalue weighted by molar-refractivity contribution is 0.0533. The molecule has 1 amide bonds. The van der Waals surface area contributed by atoms with Gasteiger partial charge in [-0.05, 0) is 49.1 Å². The minimum Gasteiger partial charge on any atom is -0.338 e. The molecule has 1 aromatic heterocycles. The van der Waals surface area contributed by atoms with E-state index < -0.39 is 0 Å². The van der Waals surface area contributed by atoms with Crippen LogP contribution in [0.4, 0.5) is 0 Å². The van der Waals surface area contributed by atoms with E-state index in [1.54, 1.807) is 0 Å². The zero-order valence-electron chi connectivity index (χ0n) is 17.0. The number of hydrogen-bond acceptors (Lipinski definition) is 3. The molecule has 0 radical (unpaired) electrons. The third-order valence-corrected chi connectivity index (χ3v) is 5.68. The molecule has 7 heteroatoms. The Balaban J connectivity index is 0.00000150. The number of para-hydroxylation sites is 1.